The molecule has 0 atom stereocenters. The molecule has 0 heterocycles. The molecule has 2 nitrogen and oxygen atoms in total. The van der Waals surface area contributed by atoms with Crippen LogP contribution in [0.4, 0.5) is 0 Å². The first-order valence-corrected chi connectivity index (χ1v) is 4.09. The van der Waals surface area contributed by atoms with Gasteiger partial charge in [0, 0.05) is 12.6 Å². The van der Waals surface area contributed by atoms with Gasteiger partial charge in [-0.2, -0.15) is 5.10 Å². The van der Waals surface area contributed by atoms with Gasteiger partial charge in [-0.05, 0) is 15.9 Å². The largest absolute Gasteiger partial charge is 0.312 e. The number of benzene rings is 1. The van der Waals surface area contributed by atoms with Gasteiger partial charge in [0.15, 0.2) is 0 Å². The lowest BCUT2D eigenvalue weighted by molar-refractivity contribution is 0.906. The molecule has 1 N–H and O–H groups in total. The second-order valence-corrected chi connectivity index (χ2v) is 2.74. The molecule has 0 radical (unpaired) electrons. The number of hydrogen-bond acceptors (Lipinski definition) is 2. The fourth-order valence-electron chi connectivity index (χ4n) is 0.738. The van der Waals surface area contributed by atoms with E-state index in [9.17, 15) is 0 Å². The Hall–Kier alpha value is -0.830. The number of halogens is 1. The molecule has 0 saturated carbocycles. The molecule has 1 aromatic carbocycles. The third-order valence-corrected chi connectivity index (χ3v) is 1.86. The van der Waals surface area contributed by atoms with Crippen LogP contribution >= 0.6 is 15.9 Å². The molecule has 11 heavy (non-hydrogen) atoms. The summed E-state index contributed by atoms with van der Waals surface area (Å²) in [5.74, 6) is 0. The van der Waals surface area contributed by atoms with E-state index in [1.165, 1.54) is 0 Å². The van der Waals surface area contributed by atoms with E-state index in [0.717, 1.165) is 10.2 Å². The van der Waals surface area contributed by atoms with Gasteiger partial charge in [0.25, 0.3) is 0 Å². The van der Waals surface area contributed by atoms with Gasteiger partial charge in [0.2, 0.25) is 0 Å². The Balaban J connectivity index is 2.85. The van der Waals surface area contributed by atoms with Crippen LogP contribution in [0.25, 0.3) is 0 Å². The number of nitrogens with zero attached hydrogens (tertiary/aromatic N) is 1. The first kappa shape index (κ1) is 8.27. The molecule has 0 aliphatic heterocycles. The summed E-state index contributed by atoms with van der Waals surface area (Å²) in [4.78, 5) is 0. The third kappa shape index (κ3) is 2.35. The molecule has 3 heteroatoms. The van der Waals surface area contributed by atoms with Gasteiger partial charge in [0.05, 0.1) is 0 Å². The average Bonchev–Trinajstić information content (AvgIpc) is 2.07. The highest BCUT2D eigenvalue weighted by Gasteiger charge is 1.94. The zero-order chi connectivity index (χ0) is 8.10. The Bertz CT molecular complexity index is 244. The molecular weight excluding hydrogens is 204 g/mol. The summed E-state index contributed by atoms with van der Waals surface area (Å²) in [7, 11) is 1.77. The molecule has 0 bridgehead atoms. The maximum atomic E-state index is 3.98. The van der Waals surface area contributed by atoms with E-state index >= 15 is 0 Å². The highest BCUT2D eigenvalue weighted by Crippen LogP contribution is 2.04. The minimum Gasteiger partial charge on any atom is -0.312 e. The Morgan fingerprint density at radius 2 is 2.00 bits per heavy atom. The molecule has 0 fully saturated rings. The van der Waals surface area contributed by atoms with Crippen LogP contribution in [0, 0.1) is 0 Å². The first-order chi connectivity index (χ1) is 5.34. The van der Waals surface area contributed by atoms with Crippen molar-refractivity contribution in [3.05, 3.63) is 35.9 Å². The van der Waals surface area contributed by atoms with Crippen LogP contribution in [0.2, 0.25) is 0 Å². The maximum absolute atomic E-state index is 3.98. The van der Waals surface area contributed by atoms with Crippen molar-refractivity contribution >= 4 is 20.6 Å². The third-order valence-electron chi connectivity index (χ3n) is 1.22. The predicted octanol–water partition coefficient (Wildman–Crippen LogP) is 1.96. The van der Waals surface area contributed by atoms with Crippen LogP contribution in [0.15, 0.2) is 35.4 Å². The Morgan fingerprint density at radius 3 is 2.55 bits per heavy atom. The van der Waals surface area contributed by atoms with Crippen LogP contribution < -0.4 is 5.43 Å². The van der Waals surface area contributed by atoms with Crippen molar-refractivity contribution in [2.75, 3.05) is 7.05 Å². The Morgan fingerprint density at radius 1 is 1.36 bits per heavy atom. The molecule has 0 aliphatic carbocycles. The summed E-state index contributed by atoms with van der Waals surface area (Å²) >= 11 is 3.33. The van der Waals surface area contributed by atoms with Crippen molar-refractivity contribution in [3.63, 3.8) is 0 Å². The number of rotatable bonds is 2. The second kappa shape index (κ2) is 4.13. The van der Waals surface area contributed by atoms with Gasteiger partial charge >= 0.3 is 0 Å². The van der Waals surface area contributed by atoms with Crippen molar-refractivity contribution in [1.29, 1.82) is 0 Å². The van der Waals surface area contributed by atoms with Crippen molar-refractivity contribution in [3.8, 4) is 0 Å². The van der Waals surface area contributed by atoms with E-state index in [1.807, 2.05) is 30.3 Å². The van der Waals surface area contributed by atoms with Crippen molar-refractivity contribution in [1.82, 2.24) is 5.43 Å². The summed E-state index contributed by atoms with van der Waals surface area (Å²) in [5.41, 5.74) is 3.78. The Labute approximate surface area is 74.4 Å². The van der Waals surface area contributed by atoms with Gasteiger partial charge in [-0.3, -0.25) is 0 Å². The lowest BCUT2D eigenvalue weighted by Crippen LogP contribution is -1.99. The van der Waals surface area contributed by atoms with Crippen molar-refractivity contribution in [2.24, 2.45) is 5.10 Å². The van der Waals surface area contributed by atoms with Crippen molar-refractivity contribution in [2.45, 2.75) is 0 Å². The molecule has 0 aromatic heterocycles. The van der Waals surface area contributed by atoms with Crippen molar-refractivity contribution < 1.29 is 0 Å². The highest BCUT2D eigenvalue weighted by molar-refractivity contribution is 9.18. The normalized spacial score (nSPS) is 11.3. The predicted molar refractivity (Wildman–Crippen MR) is 51.0 cm³/mol. The minimum atomic E-state index is 0.820. The van der Waals surface area contributed by atoms with E-state index in [1.54, 1.807) is 7.05 Å². The summed E-state index contributed by atoms with van der Waals surface area (Å²) in [5, 5.41) is 3.98. The lowest BCUT2D eigenvalue weighted by atomic mass is 10.2. The molecule has 0 spiro atoms. The zero-order valence-electron chi connectivity index (χ0n) is 6.21. The van der Waals surface area contributed by atoms with Gasteiger partial charge in [0.1, 0.15) is 4.62 Å². The first-order valence-electron chi connectivity index (χ1n) is 3.30. The minimum absolute atomic E-state index is 0.820. The van der Waals surface area contributed by atoms with Gasteiger partial charge in [-0.15, -0.1) is 0 Å². The summed E-state index contributed by atoms with van der Waals surface area (Å²) in [6.45, 7) is 0. The van der Waals surface area contributed by atoms with E-state index in [-0.39, 0.29) is 0 Å². The topological polar surface area (TPSA) is 24.4 Å². The molecule has 0 amide bonds. The molecule has 1 aromatic rings. The van der Waals surface area contributed by atoms with Crippen LogP contribution in [0.1, 0.15) is 5.56 Å². The molecular formula is C8H9BrN2. The van der Waals surface area contributed by atoms with E-state index in [4.69, 9.17) is 0 Å². The van der Waals surface area contributed by atoms with E-state index in [2.05, 4.69) is 26.5 Å². The molecule has 1 rings (SSSR count). The van der Waals surface area contributed by atoms with Gasteiger partial charge < -0.3 is 5.43 Å². The van der Waals surface area contributed by atoms with Crippen LogP contribution in [0.5, 0.6) is 0 Å². The second-order valence-electron chi connectivity index (χ2n) is 1.99. The zero-order valence-corrected chi connectivity index (χ0v) is 7.80. The smallest absolute Gasteiger partial charge is 0.133 e. The standard InChI is InChI=1S/C8H9BrN2/c1-10-11-8(9)7-5-3-2-4-6-7/h2-6,10H,1H3. The van der Waals surface area contributed by atoms with Gasteiger partial charge in [-0.1, -0.05) is 30.3 Å². The average molecular weight is 213 g/mol. The fourth-order valence-corrected chi connectivity index (χ4v) is 1.18. The number of hydrazone groups is 1. The molecule has 58 valence electrons. The molecule has 0 aliphatic rings. The Kier molecular flexibility index (Phi) is 3.11. The summed E-state index contributed by atoms with van der Waals surface area (Å²) in [6.07, 6.45) is 0. The summed E-state index contributed by atoms with van der Waals surface area (Å²) in [6, 6.07) is 9.91. The van der Waals surface area contributed by atoms with E-state index < -0.39 is 0 Å². The van der Waals surface area contributed by atoms with Crippen LogP contribution in [-0.2, 0) is 0 Å². The summed E-state index contributed by atoms with van der Waals surface area (Å²) < 4.78 is 0.820. The quantitative estimate of drug-likeness (QED) is 0.589. The van der Waals surface area contributed by atoms with Crippen LogP contribution in [0.3, 0.4) is 0 Å². The SMILES string of the molecule is CNN=C(Br)c1ccccc1. The fraction of sp³-hybridized carbons (Fsp3) is 0.125. The number of hydrogen-bond donors (Lipinski definition) is 1. The maximum Gasteiger partial charge on any atom is 0.133 e. The number of nitrogens with one attached hydrogen (secondary N) is 1. The lowest BCUT2D eigenvalue weighted by Gasteiger charge is -1.96. The molecule has 0 unspecified atom stereocenters. The highest BCUT2D eigenvalue weighted by atomic mass is 79.9. The monoisotopic (exact) mass is 212 g/mol. The molecule has 0 saturated heterocycles. The van der Waals surface area contributed by atoms with E-state index in [0.29, 0.717) is 0 Å². The van der Waals surface area contributed by atoms with Gasteiger partial charge in [-0.25, -0.2) is 0 Å². The van der Waals surface area contributed by atoms with Crippen LogP contribution in [-0.4, -0.2) is 11.7 Å².